The lowest BCUT2D eigenvalue weighted by Crippen LogP contribution is -3.04. The summed E-state index contributed by atoms with van der Waals surface area (Å²) < 4.78 is 0. The Labute approximate surface area is 72.5 Å². The SMILES string of the molecule is CC1=Nc2nc(N)[nH]c(=O)c2[NH+]1[O-]. The molecule has 1 aliphatic rings. The van der Waals surface area contributed by atoms with Crippen molar-refractivity contribution in [1.82, 2.24) is 9.97 Å². The van der Waals surface area contributed by atoms with Gasteiger partial charge in [-0.15, -0.1) is 0 Å². The molecule has 1 unspecified atom stereocenters. The van der Waals surface area contributed by atoms with Crippen molar-refractivity contribution in [2.75, 3.05) is 5.73 Å². The fraction of sp³-hybridized carbons (Fsp3) is 0.167. The summed E-state index contributed by atoms with van der Waals surface area (Å²) in [5.41, 5.74) is 4.72. The average molecular weight is 181 g/mol. The first kappa shape index (κ1) is 7.90. The van der Waals surface area contributed by atoms with E-state index in [0.717, 1.165) is 0 Å². The van der Waals surface area contributed by atoms with E-state index in [1.54, 1.807) is 0 Å². The van der Waals surface area contributed by atoms with Gasteiger partial charge < -0.3 is 10.9 Å². The molecule has 1 aromatic rings. The van der Waals surface area contributed by atoms with Crippen molar-refractivity contribution >= 4 is 23.3 Å². The Bertz CT molecular complexity index is 449. The number of anilines is 1. The minimum Gasteiger partial charge on any atom is -0.622 e. The number of fused-ring (bicyclic) bond motifs is 1. The maximum atomic E-state index is 11.3. The van der Waals surface area contributed by atoms with Crippen LogP contribution in [0.4, 0.5) is 17.5 Å². The average Bonchev–Trinajstić information content (AvgIpc) is 2.27. The lowest BCUT2D eigenvalue weighted by Gasteiger charge is -2.13. The zero-order valence-electron chi connectivity index (χ0n) is 6.79. The van der Waals surface area contributed by atoms with Crippen LogP contribution in [0.25, 0.3) is 0 Å². The number of aromatic amines is 1. The normalized spacial score (nSPS) is 19.8. The smallest absolute Gasteiger partial charge is 0.316 e. The molecule has 2 heterocycles. The van der Waals surface area contributed by atoms with Crippen LogP contribution in [0.3, 0.4) is 0 Å². The van der Waals surface area contributed by atoms with Crippen molar-refractivity contribution in [2.24, 2.45) is 4.99 Å². The molecule has 2 rings (SSSR count). The van der Waals surface area contributed by atoms with Crippen LogP contribution in [0.1, 0.15) is 6.92 Å². The molecule has 4 N–H and O–H groups in total. The number of aromatic nitrogens is 2. The number of nitrogens with two attached hydrogens (primary N) is 1. The predicted octanol–water partition coefficient (Wildman–Crippen LogP) is -1.57. The topological polar surface area (TPSA) is 112 Å². The summed E-state index contributed by atoms with van der Waals surface area (Å²) in [4.78, 5) is 21.0. The van der Waals surface area contributed by atoms with E-state index in [1.807, 2.05) is 0 Å². The highest BCUT2D eigenvalue weighted by molar-refractivity contribution is 5.82. The Balaban J connectivity index is 2.73. The molecular formula is C6H7N5O2. The first-order valence-electron chi connectivity index (χ1n) is 3.59. The van der Waals surface area contributed by atoms with Crippen molar-refractivity contribution < 1.29 is 5.06 Å². The number of rotatable bonds is 0. The van der Waals surface area contributed by atoms with Gasteiger partial charge in [0.05, 0.1) is 0 Å². The third-order valence-electron chi connectivity index (χ3n) is 1.75. The van der Waals surface area contributed by atoms with Gasteiger partial charge in [-0.3, -0.25) is 14.8 Å². The summed E-state index contributed by atoms with van der Waals surface area (Å²) >= 11 is 0. The molecule has 0 saturated carbocycles. The second kappa shape index (κ2) is 2.38. The number of aliphatic imine (C=N–C) groups is 1. The number of hydrogen-bond donors (Lipinski definition) is 3. The van der Waals surface area contributed by atoms with Crippen LogP contribution in [0, 0.1) is 5.21 Å². The Morgan fingerprint density at radius 2 is 2.31 bits per heavy atom. The van der Waals surface area contributed by atoms with E-state index >= 15 is 0 Å². The standard InChI is InChI=1S/C6H7N5O2/c1-2-8-4-3(11(2)13)5(12)10-6(7)9-4/h11H,1H3,(H3,7,9,10,12). The van der Waals surface area contributed by atoms with Gasteiger partial charge in [0, 0.05) is 6.92 Å². The second-order valence-electron chi connectivity index (χ2n) is 2.68. The molecule has 0 aliphatic carbocycles. The van der Waals surface area contributed by atoms with E-state index in [-0.39, 0.29) is 28.4 Å². The number of H-pyrrole nitrogens is 1. The van der Waals surface area contributed by atoms with E-state index in [2.05, 4.69) is 15.0 Å². The number of hydrogen-bond acceptors (Lipinski definition) is 5. The fourth-order valence-corrected chi connectivity index (χ4v) is 1.15. The highest BCUT2D eigenvalue weighted by atomic mass is 16.5. The van der Waals surface area contributed by atoms with Crippen molar-refractivity contribution in [3.05, 3.63) is 15.6 Å². The summed E-state index contributed by atoms with van der Waals surface area (Å²) in [5.74, 6) is 0.345. The number of nitrogens with zero attached hydrogens (tertiary/aromatic N) is 2. The highest BCUT2D eigenvalue weighted by Crippen LogP contribution is 2.17. The molecule has 1 atom stereocenters. The largest absolute Gasteiger partial charge is 0.622 e. The molecule has 0 saturated heterocycles. The molecule has 0 amide bonds. The minimum absolute atomic E-state index is 0.0216. The van der Waals surface area contributed by atoms with Crippen LogP contribution >= 0.6 is 0 Å². The highest BCUT2D eigenvalue weighted by Gasteiger charge is 2.26. The molecule has 7 heteroatoms. The monoisotopic (exact) mass is 181 g/mol. The second-order valence-corrected chi connectivity index (χ2v) is 2.68. The molecule has 0 fully saturated rings. The molecule has 1 aliphatic heterocycles. The van der Waals surface area contributed by atoms with Crippen molar-refractivity contribution in [3.63, 3.8) is 0 Å². The fourth-order valence-electron chi connectivity index (χ4n) is 1.15. The van der Waals surface area contributed by atoms with Crippen LogP contribution in [0.15, 0.2) is 9.79 Å². The molecule has 0 spiro atoms. The minimum atomic E-state index is -0.534. The third kappa shape index (κ3) is 1.02. The molecule has 0 bridgehead atoms. The molecule has 68 valence electrons. The summed E-state index contributed by atoms with van der Waals surface area (Å²) in [6.07, 6.45) is 0. The predicted molar refractivity (Wildman–Crippen MR) is 46.0 cm³/mol. The van der Waals surface area contributed by atoms with Crippen molar-refractivity contribution in [2.45, 2.75) is 6.92 Å². The van der Waals surface area contributed by atoms with E-state index in [9.17, 15) is 10.0 Å². The first-order valence-corrected chi connectivity index (χ1v) is 3.59. The molecule has 13 heavy (non-hydrogen) atoms. The van der Waals surface area contributed by atoms with E-state index in [0.29, 0.717) is 0 Å². The van der Waals surface area contributed by atoms with Gasteiger partial charge in [0.2, 0.25) is 23.3 Å². The molecule has 7 nitrogen and oxygen atoms in total. The Morgan fingerprint density at radius 1 is 1.62 bits per heavy atom. The van der Waals surface area contributed by atoms with Gasteiger partial charge in [-0.2, -0.15) is 9.98 Å². The van der Waals surface area contributed by atoms with Gasteiger partial charge in [-0.1, -0.05) is 0 Å². The van der Waals surface area contributed by atoms with Gasteiger partial charge >= 0.3 is 5.56 Å². The quantitative estimate of drug-likeness (QED) is 0.420. The van der Waals surface area contributed by atoms with Crippen molar-refractivity contribution in [1.29, 1.82) is 0 Å². The van der Waals surface area contributed by atoms with Crippen LogP contribution in [0.2, 0.25) is 0 Å². The van der Waals surface area contributed by atoms with Crippen LogP contribution in [-0.4, -0.2) is 15.8 Å². The number of nitrogens with one attached hydrogen (secondary N) is 2. The van der Waals surface area contributed by atoms with E-state index in [4.69, 9.17) is 5.73 Å². The maximum absolute atomic E-state index is 11.3. The summed E-state index contributed by atoms with van der Waals surface area (Å²) in [6.45, 7) is 1.53. The van der Waals surface area contributed by atoms with Gasteiger partial charge in [0.25, 0.3) is 0 Å². The number of quaternary nitrogens is 1. The molecule has 1 aromatic heterocycles. The lowest BCUT2D eigenvalue weighted by molar-refractivity contribution is -0.665. The molecule has 0 radical (unpaired) electrons. The summed E-state index contributed by atoms with van der Waals surface area (Å²) in [5, 5.41) is 10.9. The summed E-state index contributed by atoms with van der Waals surface area (Å²) in [6, 6.07) is 0. The molecule has 0 aromatic carbocycles. The van der Waals surface area contributed by atoms with Gasteiger partial charge in [0.1, 0.15) is 0 Å². The lowest BCUT2D eigenvalue weighted by atomic mass is 10.5. The van der Waals surface area contributed by atoms with E-state index < -0.39 is 5.56 Å². The Kier molecular flexibility index (Phi) is 1.44. The van der Waals surface area contributed by atoms with Crippen LogP contribution in [-0.2, 0) is 0 Å². The summed E-state index contributed by atoms with van der Waals surface area (Å²) in [7, 11) is 0. The van der Waals surface area contributed by atoms with E-state index in [1.165, 1.54) is 6.92 Å². The Hall–Kier alpha value is -1.73. The van der Waals surface area contributed by atoms with Gasteiger partial charge in [-0.25, -0.2) is 0 Å². The number of nitrogen functional groups attached to an aromatic ring is 1. The van der Waals surface area contributed by atoms with Gasteiger partial charge in [0.15, 0.2) is 0 Å². The molecular weight excluding hydrogens is 174 g/mol. The van der Waals surface area contributed by atoms with Crippen LogP contribution in [0.5, 0.6) is 0 Å². The third-order valence-corrected chi connectivity index (χ3v) is 1.75. The Morgan fingerprint density at radius 3 is 3.00 bits per heavy atom. The number of amidine groups is 1. The first-order chi connectivity index (χ1) is 6.09. The van der Waals surface area contributed by atoms with Crippen LogP contribution < -0.4 is 16.4 Å². The van der Waals surface area contributed by atoms with Gasteiger partial charge in [-0.05, 0) is 0 Å². The van der Waals surface area contributed by atoms with Crippen molar-refractivity contribution in [3.8, 4) is 0 Å². The maximum Gasteiger partial charge on any atom is 0.316 e. The number of hydroxylamine groups is 1. The zero-order chi connectivity index (χ0) is 9.59. The zero-order valence-corrected chi connectivity index (χ0v) is 6.79.